The van der Waals surface area contributed by atoms with E-state index in [1.54, 1.807) is 0 Å². The number of alkyl halides is 3. The van der Waals surface area contributed by atoms with E-state index in [-0.39, 0.29) is 12.4 Å². The molecule has 0 aliphatic heterocycles. The molecule has 16 heavy (non-hydrogen) atoms. The second kappa shape index (κ2) is 4.87. The molecule has 1 aromatic rings. The van der Waals surface area contributed by atoms with Crippen LogP contribution in [0.5, 0.6) is 5.75 Å². The van der Waals surface area contributed by atoms with Gasteiger partial charge in [0.15, 0.2) is 0 Å². The lowest BCUT2D eigenvalue weighted by molar-refractivity contribution is -0.274. The van der Waals surface area contributed by atoms with Crippen molar-refractivity contribution in [1.29, 1.82) is 0 Å². The molecule has 0 radical (unpaired) electrons. The summed E-state index contributed by atoms with van der Waals surface area (Å²) in [5, 5.41) is 0. The third-order valence-corrected chi connectivity index (χ3v) is 1.57. The number of carbonyl (C=O) groups is 1. The van der Waals surface area contributed by atoms with E-state index in [0.29, 0.717) is 5.56 Å². The maximum absolute atomic E-state index is 11.9. The van der Waals surface area contributed by atoms with Crippen molar-refractivity contribution >= 4 is 5.97 Å². The average Bonchev–Trinajstić information content (AvgIpc) is 2.12. The van der Waals surface area contributed by atoms with Crippen LogP contribution in [0.25, 0.3) is 0 Å². The van der Waals surface area contributed by atoms with Gasteiger partial charge >= 0.3 is 12.3 Å². The van der Waals surface area contributed by atoms with Crippen LogP contribution in [0.1, 0.15) is 12.5 Å². The Morgan fingerprint density at radius 3 is 2.62 bits per heavy atom. The molecule has 0 heterocycles. The summed E-state index contributed by atoms with van der Waals surface area (Å²) >= 11 is 0. The number of hydrogen-bond acceptors (Lipinski definition) is 3. The first-order valence-electron chi connectivity index (χ1n) is 4.35. The Morgan fingerprint density at radius 2 is 2.06 bits per heavy atom. The summed E-state index contributed by atoms with van der Waals surface area (Å²) in [4.78, 5) is 10.5. The number of carbonyl (C=O) groups excluding carboxylic acids is 1. The Bertz CT molecular complexity index is 374. The van der Waals surface area contributed by atoms with Gasteiger partial charge in [0.25, 0.3) is 0 Å². The van der Waals surface area contributed by atoms with Crippen molar-refractivity contribution < 1.29 is 27.4 Å². The number of hydrogen-bond donors (Lipinski definition) is 0. The second-order valence-corrected chi connectivity index (χ2v) is 2.98. The molecular formula is C10H9F3O3. The van der Waals surface area contributed by atoms with Crippen LogP contribution < -0.4 is 4.74 Å². The van der Waals surface area contributed by atoms with Crippen LogP contribution in [-0.2, 0) is 16.1 Å². The molecule has 0 saturated heterocycles. The Hall–Kier alpha value is -1.72. The van der Waals surface area contributed by atoms with Crippen LogP contribution in [0.3, 0.4) is 0 Å². The Kier molecular flexibility index (Phi) is 3.76. The number of ether oxygens (including phenoxy) is 2. The van der Waals surface area contributed by atoms with Gasteiger partial charge in [-0.25, -0.2) is 0 Å². The normalized spacial score (nSPS) is 11.0. The average molecular weight is 234 g/mol. The monoisotopic (exact) mass is 234 g/mol. The molecule has 0 atom stereocenters. The molecule has 0 spiro atoms. The largest absolute Gasteiger partial charge is 0.573 e. The Balaban J connectivity index is 2.67. The summed E-state index contributed by atoms with van der Waals surface area (Å²) in [6, 6.07) is 5.26. The molecule has 0 saturated carbocycles. The van der Waals surface area contributed by atoms with Gasteiger partial charge in [0.2, 0.25) is 0 Å². The molecule has 1 rings (SSSR count). The van der Waals surface area contributed by atoms with Crippen LogP contribution in [-0.4, -0.2) is 12.3 Å². The van der Waals surface area contributed by atoms with Crippen molar-refractivity contribution in [3.63, 3.8) is 0 Å². The smallest absolute Gasteiger partial charge is 0.461 e. The molecule has 6 heteroatoms. The van der Waals surface area contributed by atoms with E-state index in [9.17, 15) is 18.0 Å². The third kappa shape index (κ3) is 4.68. The van der Waals surface area contributed by atoms with E-state index in [2.05, 4.69) is 9.47 Å². The van der Waals surface area contributed by atoms with E-state index in [4.69, 9.17) is 0 Å². The van der Waals surface area contributed by atoms with E-state index in [0.717, 1.165) is 6.07 Å². The minimum Gasteiger partial charge on any atom is -0.461 e. The topological polar surface area (TPSA) is 35.5 Å². The molecule has 0 aliphatic rings. The molecule has 3 nitrogen and oxygen atoms in total. The van der Waals surface area contributed by atoms with Crippen molar-refractivity contribution in [1.82, 2.24) is 0 Å². The first-order valence-corrected chi connectivity index (χ1v) is 4.35. The third-order valence-electron chi connectivity index (χ3n) is 1.57. The minimum absolute atomic E-state index is 0.0790. The summed E-state index contributed by atoms with van der Waals surface area (Å²) < 4.78 is 44.0. The summed E-state index contributed by atoms with van der Waals surface area (Å²) in [7, 11) is 0. The molecule has 1 aromatic carbocycles. The highest BCUT2D eigenvalue weighted by atomic mass is 19.4. The molecule has 0 fully saturated rings. The van der Waals surface area contributed by atoms with Crippen LogP contribution in [0.2, 0.25) is 0 Å². The van der Waals surface area contributed by atoms with Gasteiger partial charge < -0.3 is 9.47 Å². The molecular weight excluding hydrogens is 225 g/mol. The van der Waals surface area contributed by atoms with Gasteiger partial charge in [-0.15, -0.1) is 13.2 Å². The molecule has 0 bridgehead atoms. The maximum Gasteiger partial charge on any atom is 0.573 e. The van der Waals surface area contributed by atoms with Crippen molar-refractivity contribution in [2.75, 3.05) is 0 Å². The number of benzene rings is 1. The van der Waals surface area contributed by atoms with E-state index >= 15 is 0 Å². The van der Waals surface area contributed by atoms with E-state index < -0.39 is 12.3 Å². The Labute approximate surface area is 89.8 Å². The Morgan fingerprint density at radius 1 is 1.38 bits per heavy atom. The van der Waals surface area contributed by atoms with E-state index in [1.165, 1.54) is 25.1 Å². The number of halogens is 3. The van der Waals surface area contributed by atoms with Gasteiger partial charge in [0, 0.05) is 6.92 Å². The highest BCUT2D eigenvalue weighted by Gasteiger charge is 2.31. The van der Waals surface area contributed by atoms with Gasteiger partial charge in [-0.1, -0.05) is 12.1 Å². The number of rotatable bonds is 3. The predicted molar refractivity (Wildman–Crippen MR) is 48.6 cm³/mol. The van der Waals surface area contributed by atoms with Gasteiger partial charge in [-0.3, -0.25) is 4.79 Å². The van der Waals surface area contributed by atoms with Gasteiger partial charge in [0.1, 0.15) is 12.4 Å². The molecule has 0 aliphatic carbocycles. The molecule has 88 valence electrons. The summed E-state index contributed by atoms with van der Waals surface area (Å²) in [5.41, 5.74) is 0.428. The fourth-order valence-electron chi connectivity index (χ4n) is 1.02. The highest BCUT2D eigenvalue weighted by Crippen LogP contribution is 2.23. The van der Waals surface area contributed by atoms with Crippen molar-refractivity contribution in [2.45, 2.75) is 19.9 Å². The van der Waals surface area contributed by atoms with Gasteiger partial charge in [-0.2, -0.15) is 0 Å². The molecule has 0 aromatic heterocycles. The zero-order chi connectivity index (χ0) is 12.2. The first-order chi connectivity index (χ1) is 7.37. The predicted octanol–water partition coefficient (Wildman–Crippen LogP) is 2.65. The quantitative estimate of drug-likeness (QED) is 0.754. The summed E-state index contributed by atoms with van der Waals surface area (Å²) in [5.74, 6) is -0.834. The van der Waals surface area contributed by atoms with Gasteiger partial charge in [0.05, 0.1) is 0 Å². The maximum atomic E-state index is 11.9. The fraction of sp³-hybridized carbons (Fsp3) is 0.300. The zero-order valence-electron chi connectivity index (χ0n) is 8.38. The van der Waals surface area contributed by atoms with Crippen molar-refractivity contribution in [2.24, 2.45) is 0 Å². The fourth-order valence-corrected chi connectivity index (χ4v) is 1.02. The summed E-state index contributed by atoms with van der Waals surface area (Å²) in [6.07, 6.45) is -4.72. The van der Waals surface area contributed by atoms with Crippen LogP contribution >= 0.6 is 0 Å². The lowest BCUT2D eigenvalue weighted by Gasteiger charge is -2.09. The van der Waals surface area contributed by atoms with Crippen molar-refractivity contribution in [3.05, 3.63) is 29.8 Å². The molecule has 0 N–H and O–H groups in total. The molecule has 0 unspecified atom stereocenters. The standard InChI is InChI=1S/C10H9F3O3/c1-7(14)15-6-8-3-2-4-9(5-8)16-10(11,12)13/h2-5H,6H2,1H3. The van der Waals surface area contributed by atoms with Gasteiger partial charge in [-0.05, 0) is 17.7 Å². The van der Waals surface area contributed by atoms with Crippen LogP contribution in [0.15, 0.2) is 24.3 Å². The van der Waals surface area contributed by atoms with Crippen molar-refractivity contribution in [3.8, 4) is 5.75 Å². The first kappa shape index (κ1) is 12.4. The zero-order valence-corrected chi connectivity index (χ0v) is 8.38. The minimum atomic E-state index is -4.72. The van der Waals surface area contributed by atoms with Crippen LogP contribution in [0.4, 0.5) is 13.2 Å². The number of esters is 1. The molecule has 0 amide bonds. The lowest BCUT2D eigenvalue weighted by atomic mass is 10.2. The highest BCUT2D eigenvalue weighted by molar-refractivity contribution is 5.65. The van der Waals surface area contributed by atoms with Crippen LogP contribution in [0, 0.1) is 0 Å². The second-order valence-electron chi connectivity index (χ2n) is 2.98. The summed E-state index contributed by atoms with van der Waals surface area (Å²) in [6.45, 7) is 1.14. The lowest BCUT2D eigenvalue weighted by Crippen LogP contribution is -2.17. The SMILES string of the molecule is CC(=O)OCc1cccc(OC(F)(F)F)c1. The van der Waals surface area contributed by atoms with E-state index in [1.807, 2.05) is 0 Å².